The maximum Gasteiger partial charge on any atom is 0.249 e. The van der Waals surface area contributed by atoms with E-state index < -0.39 is 24.2 Å². The van der Waals surface area contributed by atoms with E-state index in [2.05, 4.69) is 41.1 Å². The second-order valence-electron chi connectivity index (χ2n) is 8.28. The number of pyridine rings is 1. The minimum Gasteiger partial charge on any atom is -0.396 e. The highest BCUT2D eigenvalue weighted by Crippen LogP contribution is 2.38. The zero-order chi connectivity index (χ0) is 24.0. The number of rotatable bonds is 6. The van der Waals surface area contributed by atoms with Crippen LogP contribution >= 0.6 is 11.3 Å². The molecule has 178 valence electrons. The standard InChI is InChI=1S/C20H24N10O3S/c1-8-13(18-24-14-9(2)21-5-4-12(14)34-18)17(23-11-6-10(7-31)15(32)16(11)33)25-19(22-8)26-20-27-28-29-30(20)3/h4-5,10-11,15-16,31-33H,6-7H2,1-3H3,(H2,22,23,25,26,27,29)/t10-,11-,15-,16+/m1/s1. The van der Waals surface area contributed by atoms with E-state index in [0.717, 1.165) is 15.9 Å². The van der Waals surface area contributed by atoms with Crippen LogP contribution in [0.4, 0.5) is 17.7 Å². The maximum absolute atomic E-state index is 10.6. The largest absolute Gasteiger partial charge is 0.396 e. The number of tetrazole rings is 1. The van der Waals surface area contributed by atoms with E-state index in [1.165, 1.54) is 16.0 Å². The molecule has 5 N–H and O–H groups in total. The number of fused-ring (bicyclic) bond motifs is 1. The number of anilines is 3. The number of nitrogens with zero attached hydrogens (tertiary/aromatic N) is 8. The lowest BCUT2D eigenvalue weighted by Gasteiger charge is -2.21. The molecule has 14 heteroatoms. The van der Waals surface area contributed by atoms with Gasteiger partial charge in [-0.2, -0.15) is 4.98 Å². The van der Waals surface area contributed by atoms with Crippen LogP contribution in [0.1, 0.15) is 17.8 Å². The molecule has 4 aromatic heterocycles. The molecule has 0 aliphatic heterocycles. The van der Waals surface area contributed by atoms with Gasteiger partial charge in [0.2, 0.25) is 11.9 Å². The van der Waals surface area contributed by atoms with Gasteiger partial charge in [0, 0.05) is 25.8 Å². The van der Waals surface area contributed by atoms with Gasteiger partial charge in [-0.15, -0.1) is 11.3 Å². The third-order valence-electron chi connectivity index (χ3n) is 6.00. The van der Waals surface area contributed by atoms with Crippen molar-refractivity contribution in [2.75, 3.05) is 17.2 Å². The molecule has 0 saturated heterocycles. The molecule has 4 atom stereocenters. The lowest BCUT2D eigenvalue weighted by Crippen LogP contribution is -2.35. The Kier molecular flexibility index (Phi) is 5.81. The second-order valence-corrected chi connectivity index (χ2v) is 9.31. The van der Waals surface area contributed by atoms with Gasteiger partial charge in [-0.05, 0) is 36.8 Å². The maximum atomic E-state index is 10.6. The highest BCUT2D eigenvalue weighted by Gasteiger charge is 2.41. The zero-order valence-electron chi connectivity index (χ0n) is 18.7. The van der Waals surface area contributed by atoms with E-state index in [9.17, 15) is 15.3 Å². The van der Waals surface area contributed by atoms with Gasteiger partial charge in [0.1, 0.15) is 22.4 Å². The number of thiazole rings is 1. The van der Waals surface area contributed by atoms with Crippen molar-refractivity contribution < 1.29 is 15.3 Å². The predicted octanol–water partition coefficient (Wildman–Crippen LogP) is 0.547. The Hall–Kier alpha value is -3.33. The molecule has 1 saturated carbocycles. The molecule has 1 aliphatic rings. The second kappa shape index (κ2) is 8.79. The van der Waals surface area contributed by atoms with E-state index in [-0.39, 0.29) is 12.6 Å². The molecule has 1 aliphatic carbocycles. The van der Waals surface area contributed by atoms with Crippen LogP contribution in [0.3, 0.4) is 0 Å². The van der Waals surface area contributed by atoms with Crippen molar-refractivity contribution in [1.82, 2.24) is 40.1 Å². The fraction of sp³-hybridized carbons (Fsp3) is 0.450. The summed E-state index contributed by atoms with van der Waals surface area (Å²) in [5, 5.41) is 48.7. The average molecular weight is 485 g/mol. The Morgan fingerprint density at radius 2 is 1.97 bits per heavy atom. The molecule has 5 rings (SSSR count). The molecule has 0 spiro atoms. The average Bonchev–Trinajstić information content (AvgIpc) is 3.48. The Bertz CT molecular complexity index is 1340. The molecule has 13 nitrogen and oxygen atoms in total. The first-order valence-electron chi connectivity index (χ1n) is 10.7. The first-order chi connectivity index (χ1) is 16.4. The van der Waals surface area contributed by atoms with Crippen molar-refractivity contribution in [3.05, 3.63) is 23.7 Å². The van der Waals surface area contributed by atoms with E-state index in [0.29, 0.717) is 34.5 Å². The van der Waals surface area contributed by atoms with Crippen LogP contribution in [0.2, 0.25) is 0 Å². The molecule has 1 fully saturated rings. The molecule has 4 heterocycles. The van der Waals surface area contributed by atoms with Crippen molar-refractivity contribution in [2.24, 2.45) is 13.0 Å². The van der Waals surface area contributed by atoms with Crippen molar-refractivity contribution in [3.8, 4) is 10.6 Å². The predicted molar refractivity (Wildman–Crippen MR) is 125 cm³/mol. The van der Waals surface area contributed by atoms with Crippen LogP contribution in [-0.2, 0) is 7.05 Å². The molecule has 4 aromatic rings. The summed E-state index contributed by atoms with van der Waals surface area (Å²) in [6.45, 7) is 3.53. The summed E-state index contributed by atoms with van der Waals surface area (Å²) in [6.07, 6.45) is 0.0176. The van der Waals surface area contributed by atoms with Crippen molar-refractivity contribution in [1.29, 1.82) is 0 Å². The number of nitrogens with one attached hydrogen (secondary N) is 2. The summed E-state index contributed by atoms with van der Waals surface area (Å²) in [7, 11) is 1.69. The van der Waals surface area contributed by atoms with E-state index >= 15 is 0 Å². The van der Waals surface area contributed by atoms with Gasteiger partial charge in [0.05, 0.1) is 33.8 Å². The summed E-state index contributed by atoms with van der Waals surface area (Å²) in [4.78, 5) is 18.3. The first-order valence-corrected chi connectivity index (χ1v) is 11.5. The van der Waals surface area contributed by atoms with Crippen LogP contribution in [0.15, 0.2) is 12.3 Å². The van der Waals surface area contributed by atoms with Gasteiger partial charge in [0.15, 0.2) is 0 Å². The molecule has 0 unspecified atom stereocenters. The number of aliphatic hydroxyl groups is 3. The quantitative estimate of drug-likeness (QED) is 0.257. The van der Waals surface area contributed by atoms with Crippen LogP contribution in [-0.4, -0.2) is 80.3 Å². The Morgan fingerprint density at radius 3 is 2.65 bits per heavy atom. The van der Waals surface area contributed by atoms with Gasteiger partial charge in [-0.1, -0.05) is 5.10 Å². The van der Waals surface area contributed by atoms with Crippen LogP contribution in [0.25, 0.3) is 20.8 Å². The van der Waals surface area contributed by atoms with Gasteiger partial charge < -0.3 is 20.6 Å². The summed E-state index contributed by atoms with van der Waals surface area (Å²) < 4.78 is 2.43. The summed E-state index contributed by atoms with van der Waals surface area (Å²) in [6, 6.07) is 1.38. The monoisotopic (exact) mass is 484 g/mol. The lowest BCUT2D eigenvalue weighted by atomic mass is 10.1. The third-order valence-corrected chi connectivity index (χ3v) is 7.03. The normalized spacial score (nSPS) is 22.4. The molecule has 34 heavy (non-hydrogen) atoms. The van der Waals surface area contributed by atoms with Crippen LogP contribution < -0.4 is 10.6 Å². The fourth-order valence-corrected chi connectivity index (χ4v) is 5.25. The minimum atomic E-state index is -1.07. The van der Waals surface area contributed by atoms with Crippen LogP contribution in [0, 0.1) is 19.8 Å². The Labute approximate surface area is 197 Å². The molecule has 0 radical (unpaired) electrons. The molecule has 0 aromatic carbocycles. The molecular weight excluding hydrogens is 460 g/mol. The van der Waals surface area contributed by atoms with E-state index in [1.54, 1.807) is 13.2 Å². The Balaban J connectivity index is 1.59. The number of hydrogen-bond acceptors (Lipinski definition) is 13. The van der Waals surface area contributed by atoms with Gasteiger partial charge in [0.25, 0.3) is 0 Å². The molecular formula is C20H24N10O3S. The highest BCUT2D eigenvalue weighted by molar-refractivity contribution is 7.21. The van der Waals surface area contributed by atoms with Gasteiger partial charge in [-0.3, -0.25) is 10.3 Å². The number of aliphatic hydroxyl groups excluding tert-OH is 3. The van der Waals surface area contributed by atoms with Gasteiger partial charge in [-0.25, -0.2) is 14.6 Å². The van der Waals surface area contributed by atoms with Crippen molar-refractivity contribution in [2.45, 2.75) is 38.5 Å². The summed E-state index contributed by atoms with van der Waals surface area (Å²) >= 11 is 1.49. The van der Waals surface area contributed by atoms with Crippen molar-refractivity contribution in [3.63, 3.8) is 0 Å². The molecule has 0 amide bonds. The van der Waals surface area contributed by atoms with Crippen molar-refractivity contribution >= 4 is 39.3 Å². The minimum absolute atomic E-state index is 0.220. The molecule has 0 bridgehead atoms. The highest BCUT2D eigenvalue weighted by atomic mass is 32.1. The SMILES string of the molecule is Cc1nc(Nc2nnnn2C)nc(N[C@@H]2C[C@H](CO)[C@@H](O)[C@H]2O)c1-c1nc2c(C)nccc2s1. The van der Waals surface area contributed by atoms with E-state index in [1.807, 2.05) is 19.9 Å². The lowest BCUT2D eigenvalue weighted by molar-refractivity contribution is 0.00446. The number of aromatic nitrogens is 8. The fourth-order valence-electron chi connectivity index (χ4n) is 4.14. The van der Waals surface area contributed by atoms with Crippen LogP contribution in [0.5, 0.6) is 0 Å². The number of aryl methyl sites for hydroxylation is 3. The smallest absolute Gasteiger partial charge is 0.249 e. The summed E-state index contributed by atoms with van der Waals surface area (Å²) in [5.41, 5.74) is 2.95. The Morgan fingerprint density at radius 1 is 1.15 bits per heavy atom. The first kappa shape index (κ1) is 22.5. The zero-order valence-corrected chi connectivity index (χ0v) is 19.5. The van der Waals surface area contributed by atoms with Gasteiger partial charge >= 0.3 is 0 Å². The number of hydrogen-bond donors (Lipinski definition) is 5. The third kappa shape index (κ3) is 3.94. The van der Waals surface area contributed by atoms with E-state index in [4.69, 9.17) is 4.98 Å². The topological polar surface area (TPSA) is 180 Å². The summed E-state index contributed by atoms with van der Waals surface area (Å²) in [5.74, 6) is 0.616.